The largest absolute Gasteiger partial charge is 0.486 e. The van der Waals surface area contributed by atoms with E-state index in [2.05, 4.69) is 4.99 Å². The Bertz CT molecular complexity index is 440. The highest BCUT2D eigenvalue weighted by atomic mass is 16.5. The van der Waals surface area contributed by atoms with Crippen LogP contribution in [0, 0.1) is 0 Å². The summed E-state index contributed by atoms with van der Waals surface area (Å²) in [5, 5.41) is 28.1. The summed E-state index contributed by atoms with van der Waals surface area (Å²) in [6.45, 7) is -0.460. The first kappa shape index (κ1) is 11.8. The SMILES string of the molecule is NC1=NC(=O)/C(=C2\O[C@H](CO)[C@@H](O)[C@@H]2O)C=C1. The van der Waals surface area contributed by atoms with Gasteiger partial charge in [-0.15, -0.1) is 0 Å². The topological polar surface area (TPSA) is 125 Å². The van der Waals surface area contributed by atoms with Crippen LogP contribution in [0.25, 0.3) is 0 Å². The lowest BCUT2D eigenvalue weighted by Gasteiger charge is -2.10. The van der Waals surface area contributed by atoms with Crippen LogP contribution in [0.5, 0.6) is 0 Å². The van der Waals surface area contributed by atoms with Gasteiger partial charge in [0.1, 0.15) is 23.8 Å². The van der Waals surface area contributed by atoms with Crippen molar-refractivity contribution in [1.82, 2.24) is 0 Å². The van der Waals surface area contributed by atoms with E-state index < -0.39 is 30.8 Å². The molecular weight excluding hydrogens is 228 g/mol. The average Bonchev–Trinajstić information content (AvgIpc) is 2.57. The molecule has 0 aromatic carbocycles. The van der Waals surface area contributed by atoms with E-state index in [-0.39, 0.29) is 17.2 Å². The van der Waals surface area contributed by atoms with Crippen molar-refractivity contribution in [2.75, 3.05) is 6.61 Å². The second-order valence-electron chi connectivity index (χ2n) is 3.73. The molecule has 0 aromatic heterocycles. The van der Waals surface area contributed by atoms with Crippen LogP contribution in [-0.2, 0) is 9.53 Å². The van der Waals surface area contributed by atoms with E-state index in [0.29, 0.717) is 0 Å². The Morgan fingerprint density at radius 3 is 2.65 bits per heavy atom. The van der Waals surface area contributed by atoms with Crippen LogP contribution in [-0.4, -0.2) is 52.0 Å². The van der Waals surface area contributed by atoms with Crippen molar-refractivity contribution in [2.45, 2.75) is 18.3 Å². The molecule has 17 heavy (non-hydrogen) atoms. The zero-order valence-corrected chi connectivity index (χ0v) is 8.78. The van der Waals surface area contributed by atoms with Gasteiger partial charge in [0.25, 0.3) is 5.91 Å². The highest BCUT2D eigenvalue weighted by molar-refractivity contribution is 6.11. The summed E-state index contributed by atoms with van der Waals surface area (Å²) in [5.74, 6) is -0.676. The summed E-state index contributed by atoms with van der Waals surface area (Å²) < 4.78 is 5.13. The number of hydrogen-bond acceptors (Lipinski definition) is 6. The average molecular weight is 240 g/mol. The van der Waals surface area contributed by atoms with E-state index in [1.807, 2.05) is 0 Å². The summed E-state index contributed by atoms with van der Waals surface area (Å²) in [7, 11) is 0. The Balaban J connectivity index is 2.35. The monoisotopic (exact) mass is 240 g/mol. The molecule has 0 aromatic rings. The fourth-order valence-electron chi connectivity index (χ4n) is 1.67. The number of rotatable bonds is 1. The van der Waals surface area contributed by atoms with Crippen molar-refractivity contribution in [2.24, 2.45) is 10.7 Å². The van der Waals surface area contributed by atoms with Gasteiger partial charge < -0.3 is 25.8 Å². The van der Waals surface area contributed by atoms with Gasteiger partial charge in [0.05, 0.1) is 12.2 Å². The van der Waals surface area contributed by atoms with E-state index in [4.69, 9.17) is 15.6 Å². The summed E-state index contributed by atoms with van der Waals surface area (Å²) in [6.07, 6.45) is -0.831. The molecule has 92 valence electrons. The van der Waals surface area contributed by atoms with Crippen molar-refractivity contribution >= 4 is 11.7 Å². The van der Waals surface area contributed by atoms with Crippen LogP contribution in [0.1, 0.15) is 0 Å². The number of hydrogen-bond donors (Lipinski definition) is 4. The second-order valence-corrected chi connectivity index (χ2v) is 3.73. The lowest BCUT2D eigenvalue weighted by atomic mass is 10.1. The van der Waals surface area contributed by atoms with Gasteiger partial charge in [0, 0.05) is 0 Å². The minimum Gasteiger partial charge on any atom is -0.486 e. The zero-order chi connectivity index (χ0) is 12.6. The number of nitrogens with zero attached hydrogens (tertiary/aromatic N) is 1. The summed E-state index contributed by atoms with van der Waals surface area (Å²) in [5.41, 5.74) is 5.36. The Kier molecular flexibility index (Phi) is 2.97. The van der Waals surface area contributed by atoms with Gasteiger partial charge in [0.15, 0.2) is 6.10 Å². The van der Waals surface area contributed by atoms with Crippen molar-refractivity contribution < 1.29 is 24.9 Å². The maximum Gasteiger partial charge on any atom is 0.282 e. The van der Waals surface area contributed by atoms with Gasteiger partial charge >= 0.3 is 0 Å². The van der Waals surface area contributed by atoms with Crippen LogP contribution in [0.4, 0.5) is 0 Å². The van der Waals surface area contributed by atoms with E-state index in [9.17, 15) is 15.0 Å². The maximum absolute atomic E-state index is 11.5. The standard InChI is InChI=1S/C10H12N2O5/c11-6-2-1-4(10(16)12-6)9-8(15)7(14)5(3-13)17-9/h1-2,5,7-8,13-15H,3H2,(H2,11,12,16)/b9-4-/t5-,7-,8+/m1/s1. The third kappa shape index (κ3) is 1.95. The number of aliphatic hydroxyl groups is 3. The Hall–Kier alpha value is -1.70. The highest BCUT2D eigenvalue weighted by Gasteiger charge is 2.41. The van der Waals surface area contributed by atoms with Gasteiger partial charge in [0.2, 0.25) is 0 Å². The Morgan fingerprint density at radius 1 is 1.41 bits per heavy atom. The van der Waals surface area contributed by atoms with Gasteiger partial charge in [-0.25, -0.2) is 0 Å². The fraction of sp³-hybridized carbons (Fsp3) is 0.400. The molecule has 0 bridgehead atoms. The maximum atomic E-state index is 11.5. The molecule has 7 nitrogen and oxygen atoms in total. The minimum absolute atomic E-state index is 0.0294. The molecule has 0 unspecified atom stereocenters. The Labute approximate surface area is 96.5 Å². The first-order valence-corrected chi connectivity index (χ1v) is 4.99. The number of amidine groups is 1. The summed E-state index contributed by atoms with van der Waals surface area (Å²) in [4.78, 5) is 15.0. The van der Waals surface area contributed by atoms with Gasteiger partial charge in [-0.2, -0.15) is 4.99 Å². The number of aliphatic hydroxyl groups excluding tert-OH is 3. The van der Waals surface area contributed by atoms with E-state index in [1.54, 1.807) is 0 Å². The molecule has 1 fully saturated rings. The molecule has 0 saturated carbocycles. The lowest BCUT2D eigenvalue weighted by Crippen LogP contribution is -2.32. The van der Waals surface area contributed by atoms with Crippen molar-refractivity contribution in [1.29, 1.82) is 0 Å². The van der Waals surface area contributed by atoms with Crippen LogP contribution in [0.3, 0.4) is 0 Å². The van der Waals surface area contributed by atoms with Crippen LogP contribution in [0.2, 0.25) is 0 Å². The van der Waals surface area contributed by atoms with Crippen LogP contribution >= 0.6 is 0 Å². The number of ether oxygens (including phenoxy) is 1. The smallest absolute Gasteiger partial charge is 0.282 e. The van der Waals surface area contributed by atoms with E-state index >= 15 is 0 Å². The molecule has 1 amide bonds. The van der Waals surface area contributed by atoms with E-state index in [1.165, 1.54) is 12.2 Å². The first-order valence-electron chi connectivity index (χ1n) is 4.99. The quantitative estimate of drug-likeness (QED) is 0.386. The lowest BCUT2D eigenvalue weighted by molar-refractivity contribution is -0.114. The van der Waals surface area contributed by atoms with Gasteiger partial charge in [-0.05, 0) is 12.2 Å². The third-order valence-corrected chi connectivity index (χ3v) is 2.58. The predicted molar refractivity (Wildman–Crippen MR) is 56.8 cm³/mol. The van der Waals surface area contributed by atoms with Crippen molar-refractivity contribution in [3.05, 3.63) is 23.5 Å². The van der Waals surface area contributed by atoms with Gasteiger partial charge in [-0.3, -0.25) is 4.79 Å². The van der Waals surface area contributed by atoms with Crippen molar-refractivity contribution in [3.63, 3.8) is 0 Å². The molecule has 3 atom stereocenters. The van der Waals surface area contributed by atoms with E-state index in [0.717, 1.165) is 0 Å². The second kappa shape index (κ2) is 4.28. The number of dihydropyridines is 1. The zero-order valence-electron chi connectivity index (χ0n) is 8.78. The number of nitrogens with two attached hydrogens (primary N) is 1. The summed E-state index contributed by atoms with van der Waals surface area (Å²) in [6, 6.07) is 0. The number of amides is 1. The Morgan fingerprint density at radius 2 is 2.12 bits per heavy atom. The number of aliphatic imine (C=N–C) groups is 1. The number of carbonyl (C=O) groups is 1. The molecule has 2 heterocycles. The molecule has 7 heteroatoms. The molecule has 0 radical (unpaired) electrons. The molecule has 2 aliphatic heterocycles. The summed E-state index contributed by atoms with van der Waals surface area (Å²) >= 11 is 0. The molecule has 5 N–H and O–H groups in total. The third-order valence-electron chi connectivity index (χ3n) is 2.58. The van der Waals surface area contributed by atoms with Crippen LogP contribution in [0.15, 0.2) is 28.5 Å². The predicted octanol–water partition coefficient (Wildman–Crippen LogP) is -2.19. The molecule has 0 spiro atoms. The van der Waals surface area contributed by atoms with Crippen molar-refractivity contribution in [3.8, 4) is 0 Å². The molecular formula is C10H12N2O5. The van der Waals surface area contributed by atoms with Crippen LogP contribution < -0.4 is 5.73 Å². The highest BCUT2D eigenvalue weighted by Crippen LogP contribution is 2.28. The molecule has 2 rings (SSSR count). The normalized spacial score (nSPS) is 37.0. The minimum atomic E-state index is -1.36. The van der Waals surface area contributed by atoms with Gasteiger partial charge in [-0.1, -0.05) is 0 Å². The molecule has 1 saturated heterocycles. The fourth-order valence-corrected chi connectivity index (χ4v) is 1.67. The number of carbonyl (C=O) groups excluding carboxylic acids is 1. The first-order chi connectivity index (χ1) is 8.04. The molecule has 0 aliphatic carbocycles. The molecule has 2 aliphatic rings.